The van der Waals surface area contributed by atoms with E-state index >= 15 is 0 Å². The van der Waals surface area contributed by atoms with Gasteiger partial charge in [0.25, 0.3) is 0 Å². The van der Waals surface area contributed by atoms with Crippen LogP contribution in [-0.2, 0) is 0 Å². The van der Waals surface area contributed by atoms with E-state index < -0.39 is 0 Å². The highest BCUT2D eigenvalue weighted by atomic mass is 15.3. The lowest BCUT2D eigenvalue weighted by Crippen LogP contribution is -2.50. The molecule has 7 nitrogen and oxygen atoms in total. The van der Waals surface area contributed by atoms with Gasteiger partial charge in [-0.15, -0.1) is 0 Å². The quantitative estimate of drug-likeness (QED) is 0.621. The minimum absolute atomic E-state index is 0.122. The summed E-state index contributed by atoms with van der Waals surface area (Å²) in [5, 5.41) is 11.1. The van der Waals surface area contributed by atoms with Gasteiger partial charge >= 0.3 is 0 Å². The molecular formula is C22H30N7. The van der Waals surface area contributed by atoms with E-state index in [1.165, 1.54) is 0 Å². The van der Waals surface area contributed by atoms with E-state index in [2.05, 4.69) is 60.6 Å². The minimum Gasteiger partial charge on any atom is -0.382 e. The Morgan fingerprint density at radius 3 is 2.72 bits per heavy atom. The highest BCUT2D eigenvalue weighted by Crippen LogP contribution is 2.37. The number of piperidine rings is 1. The zero-order valence-corrected chi connectivity index (χ0v) is 17.8. The summed E-state index contributed by atoms with van der Waals surface area (Å²) >= 11 is 0. The van der Waals surface area contributed by atoms with Crippen LogP contribution < -0.4 is 16.0 Å². The molecule has 3 aromatic rings. The summed E-state index contributed by atoms with van der Waals surface area (Å²) in [5.74, 6) is 2.67. The molecule has 1 aliphatic heterocycles. The number of nitrogens with zero attached hydrogens (tertiary/aromatic N) is 4. The molecule has 1 fully saturated rings. The summed E-state index contributed by atoms with van der Waals surface area (Å²) in [6.45, 7) is 10.1. The molecule has 0 spiro atoms. The van der Waals surface area contributed by atoms with Crippen molar-refractivity contribution in [3.8, 4) is 11.3 Å². The summed E-state index contributed by atoms with van der Waals surface area (Å²) in [6.07, 6.45) is 3.57. The number of hydrogen-bond acceptors (Lipinski definition) is 6. The van der Waals surface area contributed by atoms with E-state index in [0.29, 0.717) is 23.7 Å². The van der Waals surface area contributed by atoms with Gasteiger partial charge in [0.1, 0.15) is 5.82 Å². The van der Waals surface area contributed by atoms with Gasteiger partial charge in [-0.05, 0) is 36.3 Å². The van der Waals surface area contributed by atoms with Crippen molar-refractivity contribution in [2.75, 3.05) is 29.5 Å². The second-order valence-corrected chi connectivity index (χ2v) is 9.09. The normalized spacial score (nSPS) is 20.2. The molecule has 1 aromatic carbocycles. The van der Waals surface area contributed by atoms with Crippen LogP contribution in [0.3, 0.4) is 0 Å². The molecular weight excluding hydrogens is 362 g/mol. The summed E-state index contributed by atoms with van der Waals surface area (Å²) in [6, 6.07) is 8.47. The smallest absolute Gasteiger partial charge is 0.224 e. The summed E-state index contributed by atoms with van der Waals surface area (Å²) in [4.78, 5) is 11.9. The highest BCUT2D eigenvalue weighted by Gasteiger charge is 2.36. The lowest BCUT2D eigenvalue weighted by molar-refractivity contribution is 0.285. The molecule has 0 saturated carbocycles. The van der Waals surface area contributed by atoms with E-state index in [4.69, 9.17) is 15.7 Å². The molecule has 1 radical (unpaired) electrons. The van der Waals surface area contributed by atoms with Crippen LogP contribution in [0.4, 0.5) is 17.6 Å². The van der Waals surface area contributed by atoms with E-state index in [0.717, 1.165) is 40.9 Å². The molecule has 2 aromatic heterocycles. The SMILES string of the molecule is CNc1nc(-c2ccc3c(N)n[nH]c3c2)cc(N2C[C@H](C)C[CH]C2C(C)(C)C)n1. The topological polar surface area (TPSA) is 95.8 Å². The van der Waals surface area contributed by atoms with Crippen LogP contribution in [0.1, 0.15) is 34.1 Å². The Hall–Kier alpha value is -2.83. The second kappa shape index (κ2) is 7.21. The third-order valence-electron chi connectivity index (χ3n) is 5.61. The molecule has 29 heavy (non-hydrogen) atoms. The maximum atomic E-state index is 5.91. The van der Waals surface area contributed by atoms with Crippen LogP contribution in [0.2, 0.25) is 0 Å². The molecule has 1 aliphatic rings. The Bertz CT molecular complexity index is 1020. The minimum atomic E-state index is 0.122. The van der Waals surface area contributed by atoms with Crippen molar-refractivity contribution in [3.05, 3.63) is 30.7 Å². The predicted octanol–water partition coefficient (Wildman–Crippen LogP) is 4.11. The summed E-state index contributed by atoms with van der Waals surface area (Å²) < 4.78 is 0. The van der Waals surface area contributed by atoms with Gasteiger partial charge in [-0.3, -0.25) is 5.10 Å². The Labute approximate surface area is 172 Å². The van der Waals surface area contributed by atoms with Crippen molar-refractivity contribution in [1.82, 2.24) is 20.2 Å². The molecule has 7 heteroatoms. The number of nitrogen functional groups attached to an aromatic ring is 1. The molecule has 153 valence electrons. The van der Waals surface area contributed by atoms with Crippen LogP contribution in [0.5, 0.6) is 0 Å². The van der Waals surface area contributed by atoms with Gasteiger partial charge in [0.05, 0.1) is 11.2 Å². The number of anilines is 3. The van der Waals surface area contributed by atoms with Gasteiger partial charge in [-0.1, -0.05) is 33.8 Å². The van der Waals surface area contributed by atoms with Crippen molar-refractivity contribution in [2.24, 2.45) is 11.3 Å². The molecule has 0 aliphatic carbocycles. The fourth-order valence-electron chi connectivity index (χ4n) is 4.11. The van der Waals surface area contributed by atoms with Crippen molar-refractivity contribution in [2.45, 2.75) is 40.2 Å². The summed E-state index contributed by atoms with van der Waals surface area (Å²) in [5.41, 5.74) is 8.81. The van der Waals surface area contributed by atoms with Crippen LogP contribution >= 0.6 is 0 Å². The first-order chi connectivity index (χ1) is 13.8. The number of fused-ring (bicyclic) bond motifs is 1. The Balaban J connectivity index is 1.79. The highest BCUT2D eigenvalue weighted by molar-refractivity contribution is 5.91. The number of rotatable bonds is 3. The van der Waals surface area contributed by atoms with Crippen molar-refractivity contribution in [1.29, 1.82) is 0 Å². The molecule has 4 rings (SSSR count). The third kappa shape index (κ3) is 3.73. The monoisotopic (exact) mass is 392 g/mol. The molecule has 0 amide bonds. The number of aromatic amines is 1. The zero-order chi connectivity index (χ0) is 20.8. The van der Waals surface area contributed by atoms with Crippen molar-refractivity contribution < 1.29 is 0 Å². The van der Waals surface area contributed by atoms with E-state index in [-0.39, 0.29) is 5.41 Å². The molecule has 1 saturated heterocycles. The average molecular weight is 393 g/mol. The van der Waals surface area contributed by atoms with E-state index in [9.17, 15) is 0 Å². The van der Waals surface area contributed by atoms with Crippen LogP contribution in [0.15, 0.2) is 24.3 Å². The van der Waals surface area contributed by atoms with E-state index in [1.54, 1.807) is 0 Å². The van der Waals surface area contributed by atoms with E-state index in [1.807, 2.05) is 25.2 Å². The van der Waals surface area contributed by atoms with Crippen LogP contribution in [0.25, 0.3) is 22.2 Å². The Kier molecular flexibility index (Phi) is 4.84. The molecule has 3 heterocycles. The molecule has 4 N–H and O–H groups in total. The number of benzene rings is 1. The number of aromatic nitrogens is 4. The van der Waals surface area contributed by atoms with Crippen molar-refractivity contribution in [3.63, 3.8) is 0 Å². The van der Waals surface area contributed by atoms with Gasteiger partial charge in [-0.2, -0.15) is 10.1 Å². The number of hydrogen-bond donors (Lipinski definition) is 3. The first kappa shape index (κ1) is 19.5. The Morgan fingerprint density at radius 1 is 1.21 bits per heavy atom. The maximum Gasteiger partial charge on any atom is 0.224 e. The fraction of sp³-hybridized carbons (Fsp3) is 0.455. The number of nitrogens with two attached hydrogens (primary N) is 1. The van der Waals surface area contributed by atoms with Crippen LogP contribution in [-0.4, -0.2) is 39.8 Å². The maximum absolute atomic E-state index is 5.91. The summed E-state index contributed by atoms with van der Waals surface area (Å²) in [7, 11) is 1.86. The van der Waals surface area contributed by atoms with Crippen LogP contribution in [0, 0.1) is 17.8 Å². The molecule has 2 atom stereocenters. The van der Waals surface area contributed by atoms with Gasteiger partial charge in [0.2, 0.25) is 5.95 Å². The fourth-order valence-corrected chi connectivity index (χ4v) is 4.11. The Morgan fingerprint density at radius 2 is 2.00 bits per heavy atom. The standard InChI is InChI=1S/C22H30N7/c1-13-6-9-18(22(2,3)4)29(12-13)19-11-16(25-21(24-5)26-19)14-7-8-15-17(10-14)27-28-20(15)23/h7-11,13,18H,6,12H2,1-5H3,(H3,23,27,28)(H,24,25,26)/t13-,18?/m1/s1. The lowest BCUT2D eigenvalue weighted by Gasteiger charge is -2.46. The van der Waals surface area contributed by atoms with Gasteiger partial charge in [-0.25, -0.2) is 4.98 Å². The zero-order valence-electron chi connectivity index (χ0n) is 17.8. The number of H-pyrrole nitrogens is 1. The van der Waals surface area contributed by atoms with Gasteiger partial charge in [0.15, 0.2) is 5.82 Å². The first-order valence-corrected chi connectivity index (χ1v) is 10.2. The second-order valence-electron chi connectivity index (χ2n) is 9.09. The third-order valence-corrected chi connectivity index (χ3v) is 5.61. The molecule has 1 unspecified atom stereocenters. The van der Waals surface area contributed by atoms with Crippen molar-refractivity contribution >= 4 is 28.5 Å². The van der Waals surface area contributed by atoms with Gasteiger partial charge in [0, 0.05) is 36.7 Å². The largest absolute Gasteiger partial charge is 0.382 e. The molecule has 0 bridgehead atoms. The predicted molar refractivity (Wildman–Crippen MR) is 120 cm³/mol. The number of nitrogens with one attached hydrogen (secondary N) is 2. The average Bonchev–Trinajstić information content (AvgIpc) is 3.07. The van der Waals surface area contributed by atoms with Gasteiger partial charge < -0.3 is 16.0 Å². The lowest BCUT2D eigenvalue weighted by atomic mass is 9.78. The first-order valence-electron chi connectivity index (χ1n) is 10.2.